The maximum atomic E-state index is 12.5. The van der Waals surface area contributed by atoms with Crippen LogP contribution in [-0.2, 0) is 62.8 Å². The molecule has 23 heteroatoms. The minimum absolute atomic E-state index is 0.230. The number of nitrogens with zero attached hydrogens (tertiary/aromatic N) is 3. The van der Waals surface area contributed by atoms with Crippen molar-refractivity contribution in [2.75, 3.05) is 78.8 Å². The molecule has 5 aromatic rings. The van der Waals surface area contributed by atoms with Gasteiger partial charge in [0.2, 0.25) is 46.3 Å². The summed E-state index contributed by atoms with van der Waals surface area (Å²) in [5, 5.41) is 0. The number of rotatable bonds is 17. The Bertz CT molecular complexity index is 4840. The second kappa shape index (κ2) is 39.9. The number of ether oxygens (including phenoxy) is 10. The zero-order chi connectivity index (χ0) is 94.5. The lowest BCUT2D eigenvalue weighted by atomic mass is 9.53. The number of carbonyl (C=O) groups is 2. The third kappa shape index (κ3) is 19.6. The summed E-state index contributed by atoms with van der Waals surface area (Å²) in [5.74, 6) is 12.5. The van der Waals surface area contributed by atoms with E-state index in [2.05, 4.69) is 77.4 Å². The Morgan fingerprint density at radius 2 is 0.596 bits per heavy atom. The second-order valence-electron chi connectivity index (χ2n) is 49.3. The smallest absolute Gasteiger partial charge is 0.494 e. The van der Waals surface area contributed by atoms with Crippen LogP contribution in [0, 0.1) is 108 Å². The molecule has 7 heterocycles. The van der Waals surface area contributed by atoms with Gasteiger partial charge >= 0.3 is 12.2 Å². The number of benzene rings is 5. The van der Waals surface area contributed by atoms with E-state index in [1.165, 1.54) is 196 Å². The van der Waals surface area contributed by atoms with E-state index in [-0.39, 0.29) is 6.09 Å². The van der Waals surface area contributed by atoms with E-state index < -0.39 is 52.5 Å². The Balaban J connectivity index is 0.0000000990. The predicted molar refractivity (Wildman–Crippen MR) is 525 cm³/mol. The Kier molecular flexibility index (Phi) is 27.1. The molecule has 1 amide bonds. The van der Waals surface area contributed by atoms with Crippen molar-refractivity contribution < 1.29 is 96.1 Å². The van der Waals surface area contributed by atoms with Crippen molar-refractivity contribution in [1.82, 2.24) is 14.7 Å². The van der Waals surface area contributed by atoms with Crippen molar-refractivity contribution in [3.05, 3.63) is 149 Å². The molecule has 20 saturated carbocycles. The standard InChI is InChI=1S/C30H43NO4.C30H34O6.C29H39NO5.C29H41NO5/c1-2-12-31(13-3-1)14-5-15-32-28-9-7-24(8-10-28)25-6-4-11-29(21-25)33-30(35-34-29)26-17-22-16-23(19-26)20-27(30)18-22;1-19-4-8-26(9-5-19)32-28(31)33-27-10-6-22(7-11-27)23-3-2-12-29(18-23)34-30(36-35-29)24-14-20-13-21(16-24)17-25(30)15-20;1-19-8-11-30(12-9-19)27(31)32-26-6-4-22(5-7-26)23-3-2-10-28(18-23)33-29(35-34-28)24-14-20-13-21(16-24)17-25(29)15-20;1-3-24(23-4-6-27(7-5-23)32-12-2-9-30-10-13-31-14-11-30)20-28(8-1)33-29(35-34-28)25-16-21-15-22(18-25)19-26(29)17-21/h7-10,22-23,25-27H,1-6,11-21H2;4-11,20-21,23-25H,2-3,12-18H2,1H3;4-7,19-21,23-25H,2-3,8-18H2,1H3;4-7,21-22,24-26H,1-3,8-20H2/t22?,23?,25-,26?,27?,29-,30?;20?,21?,23-,24?,25?,29-,30?;20?,21?,23-,24?,25?,28-,29?;21?,22?,24-,25?,26?,28-,29?/m1111/s1. The largest absolute Gasteiger partial charge is 0.519 e. The molecule has 27 aliphatic rings. The van der Waals surface area contributed by atoms with E-state index in [4.69, 9.17) is 86.5 Å². The third-order valence-corrected chi connectivity index (χ3v) is 39.9. The lowest BCUT2D eigenvalue weighted by Crippen LogP contribution is -2.59. The first-order chi connectivity index (χ1) is 68.9. The molecule has 7 saturated heterocycles. The van der Waals surface area contributed by atoms with Crippen molar-refractivity contribution in [1.29, 1.82) is 0 Å². The maximum absolute atomic E-state index is 12.5. The number of aryl methyl sites for hydroxylation is 1. The normalized spacial score (nSPS) is 41.7. The summed E-state index contributed by atoms with van der Waals surface area (Å²) < 4.78 is 61.6. The van der Waals surface area contributed by atoms with Crippen molar-refractivity contribution in [3.63, 3.8) is 0 Å². The van der Waals surface area contributed by atoms with Crippen LogP contribution in [0.5, 0.6) is 28.7 Å². The molecule has 7 aliphatic heterocycles. The van der Waals surface area contributed by atoms with Gasteiger partial charge in [0.15, 0.2) is 0 Å². The van der Waals surface area contributed by atoms with Gasteiger partial charge in [0.1, 0.15) is 28.7 Å². The SMILES string of the molecule is CC1CCN(C(=O)Oc2ccc([C@@H]3CCC[C@]4(C3)OOC3(O4)C4CC5CC(C4)CC3C5)cc2)CC1.Cc1ccc(OC(=O)Oc2ccc([C@@H]3CCC[C@]4(C3)OOC3(O4)C4CC5CC(C4)CC3C5)cc2)cc1.c1cc([C@@H]2CCC[C@]3(C2)OOC2(O3)C3CC4CC(C3)CC2C4)ccc1OCCCN1CCCCC1.c1cc([C@@H]2CCC[C@]3(C2)OOC2(O3)C3CC4CC(C3)CC2C4)ccc1OCCCN1CCOCC1. The average Bonchev–Trinajstić information content (AvgIpc) is 1.60. The summed E-state index contributed by atoms with van der Waals surface area (Å²) in [5.41, 5.74) is 6.30. The molecule has 23 nitrogen and oxygen atoms in total. The molecule has 8 spiro atoms. The molecule has 8 atom stereocenters. The number of piperidine rings is 2. The first-order valence-corrected chi connectivity index (χ1v) is 56.8. The van der Waals surface area contributed by atoms with E-state index in [1.807, 2.05) is 60.4 Å². The fourth-order valence-corrected chi connectivity index (χ4v) is 33.5. The minimum atomic E-state index is -0.742. The zero-order valence-electron chi connectivity index (χ0n) is 84.1. The summed E-state index contributed by atoms with van der Waals surface area (Å²) in [6.07, 6.45) is 49.1. The highest BCUT2D eigenvalue weighted by Gasteiger charge is 2.72. The molecule has 32 rings (SSSR count). The first kappa shape index (κ1) is 95.5. The van der Waals surface area contributed by atoms with E-state index in [0.29, 0.717) is 94.2 Å². The van der Waals surface area contributed by atoms with Gasteiger partial charge in [-0.15, -0.1) is 0 Å². The molecule has 0 aromatic heterocycles. The number of hydrogen-bond donors (Lipinski definition) is 0. The highest BCUT2D eigenvalue weighted by atomic mass is 17.3. The summed E-state index contributed by atoms with van der Waals surface area (Å²) in [4.78, 5) is 81.3. The summed E-state index contributed by atoms with van der Waals surface area (Å²) in [7, 11) is 0. The highest BCUT2D eigenvalue weighted by Crippen LogP contribution is 2.70. The van der Waals surface area contributed by atoms with Crippen LogP contribution in [-0.4, -0.2) is 152 Å². The lowest BCUT2D eigenvalue weighted by Gasteiger charge is -2.57. The fraction of sp³-hybridized carbons (Fsp3) is 0.729. The average molecular weight is 1940 g/mol. The summed E-state index contributed by atoms with van der Waals surface area (Å²) in [6, 6.07) is 40.7. The highest BCUT2D eigenvalue weighted by molar-refractivity contribution is 5.71. The monoisotopic (exact) mass is 1940 g/mol. The number of hydrogen-bond acceptors (Lipinski definition) is 22. The third-order valence-electron chi connectivity index (χ3n) is 39.9. The molecule has 764 valence electrons. The predicted octanol–water partition coefficient (Wildman–Crippen LogP) is 25.2. The van der Waals surface area contributed by atoms with Crippen LogP contribution in [0.25, 0.3) is 0 Å². The van der Waals surface area contributed by atoms with Crippen molar-refractivity contribution in [3.8, 4) is 28.7 Å². The first-order valence-electron chi connectivity index (χ1n) is 56.8. The molecule has 0 radical (unpaired) electrons. The Hall–Kier alpha value is -6.36. The van der Waals surface area contributed by atoms with Crippen molar-refractivity contribution in [2.24, 2.45) is 101 Å². The van der Waals surface area contributed by atoms with E-state index >= 15 is 0 Å². The van der Waals surface area contributed by atoms with Crippen LogP contribution in [0.1, 0.15) is 335 Å². The molecule has 0 N–H and O–H groups in total. The van der Waals surface area contributed by atoms with Crippen molar-refractivity contribution >= 4 is 12.2 Å². The molecule has 5 aromatic carbocycles. The second-order valence-corrected chi connectivity index (χ2v) is 49.3. The quantitative estimate of drug-likeness (QED) is 0.0367. The van der Waals surface area contributed by atoms with E-state index in [0.717, 1.165) is 246 Å². The molecular formula is C118H157N3O20. The lowest BCUT2D eigenvalue weighted by molar-refractivity contribution is -0.390. The van der Waals surface area contributed by atoms with Gasteiger partial charge in [-0.1, -0.05) is 79.6 Å². The van der Waals surface area contributed by atoms with E-state index in [1.54, 1.807) is 12.1 Å². The van der Waals surface area contributed by atoms with Gasteiger partial charge < -0.3 is 57.2 Å². The van der Waals surface area contributed by atoms with Gasteiger partial charge in [-0.2, -0.15) is 39.1 Å². The molecule has 27 fully saturated rings. The summed E-state index contributed by atoms with van der Waals surface area (Å²) >= 11 is 0. The topological polar surface area (TPSA) is 210 Å². The molecule has 141 heavy (non-hydrogen) atoms. The van der Waals surface area contributed by atoms with Crippen LogP contribution < -0.4 is 23.7 Å². The van der Waals surface area contributed by atoms with Crippen molar-refractivity contribution in [2.45, 2.75) is 360 Å². The molecule has 20 aliphatic carbocycles. The molecular weight excluding hydrogens is 1780 g/mol. The fourth-order valence-electron chi connectivity index (χ4n) is 33.5. The van der Waals surface area contributed by atoms with E-state index in [9.17, 15) is 9.59 Å². The minimum Gasteiger partial charge on any atom is -0.494 e. The van der Waals surface area contributed by atoms with Gasteiger partial charge in [0, 0.05) is 138 Å². The van der Waals surface area contributed by atoms with Crippen LogP contribution in [0.4, 0.5) is 9.59 Å². The van der Waals surface area contributed by atoms with Crippen LogP contribution in [0.3, 0.4) is 0 Å². The molecule has 0 unspecified atom stereocenters. The number of morpholine rings is 1. The zero-order valence-corrected chi connectivity index (χ0v) is 84.1. The maximum Gasteiger partial charge on any atom is 0.519 e. The van der Waals surface area contributed by atoms with Crippen LogP contribution >= 0.6 is 0 Å². The molecule has 16 bridgehead atoms. The van der Waals surface area contributed by atoms with Gasteiger partial charge in [0.05, 0.1) is 26.4 Å². The van der Waals surface area contributed by atoms with Gasteiger partial charge in [0.25, 0.3) is 0 Å². The van der Waals surface area contributed by atoms with Crippen LogP contribution in [0.15, 0.2) is 121 Å². The van der Waals surface area contributed by atoms with Crippen LogP contribution in [0.2, 0.25) is 0 Å². The van der Waals surface area contributed by atoms with Gasteiger partial charge in [-0.25, -0.2) is 9.59 Å². The Morgan fingerprint density at radius 1 is 0.312 bits per heavy atom. The number of amides is 1. The number of carbonyl (C=O) groups excluding carboxylic acids is 2. The van der Waals surface area contributed by atoms with Gasteiger partial charge in [-0.3, -0.25) is 4.90 Å². The Labute approximate surface area is 835 Å². The summed E-state index contributed by atoms with van der Waals surface area (Å²) in [6.45, 7) is 15.9. The number of likely N-dealkylation sites (tertiary alicyclic amines) is 2. The Morgan fingerprint density at radius 3 is 0.908 bits per heavy atom. The van der Waals surface area contributed by atoms with Gasteiger partial charge in [-0.05, 0) is 398 Å².